The van der Waals surface area contributed by atoms with Gasteiger partial charge in [0.15, 0.2) is 0 Å². The van der Waals surface area contributed by atoms with Crippen molar-refractivity contribution in [3.63, 3.8) is 0 Å². The Bertz CT molecular complexity index is 300. The van der Waals surface area contributed by atoms with Crippen LogP contribution in [0.5, 0.6) is 0 Å². The van der Waals surface area contributed by atoms with Gasteiger partial charge in [-0.05, 0) is 24.1 Å². The Balaban J connectivity index is 2.72. The van der Waals surface area contributed by atoms with Gasteiger partial charge in [-0.2, -0.15) is 0 Å². The van der Waals surface area contributed by atoms with Crippen LogP contribution in [0.2, 0.25) is 5.02 Å². The standard InChI is InChI=1S/C10H12ClFO2/c11-9-4-7(1-2-10(9)12)3-8(5-13)6-14/h1-2,4,8,13-14H,3,5-6H2. The number of hydrogen-bond donors (Lipinski definition) is 2. The maximum Gasteiger partial charge on any atom is 0.141 e. The molecule has 0 spiro atoms. The molecule has 0 unspecified atom stereocenters. The molecule has 78 valence electrons. The molecule has 0 aromatic heterocycles. The fraction of sp³-hybridized carbons (Fsp3) is 0.400. The van der Waals surface area contributed by atoms with Crippen molar-refractivity contribution in [1.82, 2.24) is 0 Å². The first-order valence-corrected chi connectivity index (χ1v) is 4.70. The highest BCUT2D eigenvalue weighted by Gasteiger charge is 2.08. The smallest absolute Gasteiger partial charge is 0.141 e. The number of aliphatic hydroxyl groups is 2. The van der Waals surface area contributed by atoms with Crippen LogP contribution in [0.1, 0.15) is 5.56 Å². The minimum atomic E-state index is -0.458. The first-order valence-electron chi connectivity index (χ1n) is 4.33. The predicted octanol–water partition coefficient (Wildman–Crippen LogP) is 1.62. The fourth-order valence-electron chi connectivity index (χ4n) is 1.19. The number of halogens is 2. The van der Waals surface area contributed by atoms with Crippen molar-refractivity contribution in [2.75, 3.05) is 13.2 Å². The Morgan fingerprint density at radius 1 is 1.29 bits per heavy atom. The fourth-order valence-corrected chi connectivity index (χ4v) is 1.39. The summed E-state index contributed by atoms with van der Waals surface area (Å²) < 4.78 is 12.8. The molecule has 4 heteroatoms. The summed E-state index contributed by atoms with van der Waals surface area (Å²) in [6, 6.07) is 4.39. The topological polar surface area (TPSA) is 40.5 Å². The largest absolute Gasteiger partial charge is 0.396 e. The van der Waals surface area contributed by atoms with E-state index in [0.29, 0.717) is 6.42 Å². The molecule has 1 aromatic carbocycles. The number of benzene rings is 1. The lowest BCUT2D eigenvalue weighted by molar-refractivity contribution is 0.150. The van der Waals surface area contributed by atoms with Crippen LogP contribution >= 0.6 is 11.6 Å². The van der Waals surface area contributed by atoms with E-state index >= 15 is 0 Å². The van der Waals surface area contributed by atoms with Crippen LogP contribution in [-0.2, 0) is 6.42 Å². The van der Waals surface area contributed by atoms with E-state index in [-0.39, 0.29) is 24.2 Å². The SMILES string of the molecule is OCC(CO)Cc1ccc(F)c(Cl)c1. The first-order chi connectivity index (χ1) is 6.67. The van der Waals surface area contributed by atoms with E-state index in [1.165, 1.54) is 12.1 Å². The Morgan fingerprint density at radius 3 is 2.43 bits per heavy atom. The van der Waals surface area contributed by atoms with Crippen molar-refractivity contribution in [2.24, 2.45) is 5.92 Å². The molecule has 0 heterocycles. The predicted molar refractivity (Wildman–Crippen MR) is 52.8 cm³/mol. The van der Waals surface area contributed by atoms with Crippen LogP contribution in [0.4, 0.5) is 4.39 Å². The molecule has 0 atom stereocenters. The molecule has 0 fully saturated rings. The second-order valence-corrected chi connectivity index (χ2v) is 3.59. The van der Waals surface area contributed by atoms with E-state index < -0.39 is 5.82 Å². The summed E-state index contributed by atoms with van der Waals surface area (Å²) >= 11 is 5.58. The second-order valence-electron chi connectivity index (χ2n) is 3.18. The average Bonchev–Trinajstić information content (AvgIpc) is 2.19. The highest BCUT2D eigenvalue weighted by Crippen LogP contribution is 2.18. The van der Waals surface area contributed by atoms with Crippen LogP contribution in [0, 0.1) is 11.7 Å². The summed E-state index contributed by atoms with van der Waals surface area (Å²) in [4.78, 5) is 0. The van der Waals surface area contributed by atoms with Gasteiger partial charge in [-0.3, -0.25) is 0 Å². The molecule has 0 aliphatic carbocycles. The summed E-state index contributed by atoms with van der Waals surface area (Å²) in [5, 5.41) is 17.8. The van der Waals surface area contributed by atoms with Gasteiger partial charge in [-0.15, -0.1) is 0 Å². The molecule has 1 aromatic rings. The lowest BCUT2D eigenvalue weighted by Crippen LogP contribution is -2.13. The zero-order valence-corrected chi connectivity index (χ0v) is 8.34. The van der Waals surface area contributed by atoms with Gasteiger partial charge in [0, 0.05) is 19.1 Å². The average molecular weight is 219 g/mol. The molecule has 0 aliphatic rings. The van der Waals surface area contributed by atoms with Gasteiger partial charge in [-0.1, -0.05) is 17.7 Å². The molecule has 0 radical (unpaired) electrons. The highest BCUT2D eigenvalue weighted by atomic mass is 35.5. The third-order valence-electron chi connectivity index (χ3n) is 2.02. The van der Waals surface area contributed by atoms with E-state index in [0.717, 1.165) is 5.56 Å². The lowest BCUT2D eigenvalue weighted by Gasteiger charge is -2.10. The Morgan fingerprint density at radius 2 is 1.93 bits per heavy atom. The zero-order valence-electron chi connectivity index (χ0n) is 7.58. The molecular formula is C10H12ClFO2. The molecule has 0 amide bonds. The lowest BCUT2D eigenvalue weighted by atomic mass is 10.0. The molecular weight excluding hydrogens is 207 g/mol. The van der Waals surface area contributed by atoms with Gasteiger partial charge in [0.2, 0.25) is 0 Å². The number of hydrogen-bond acceptors (Lipinski definition) is 2. The van der Waals surface area contributed by atoms with Crippen LogP contribution in [0.15, 0.2) is 18.2 Å². The minimum Gasteiger partial charge on any atom is -0.396 e. The molecule has 0 aliphatic heterocycles. The normalized spacial score (nSPS) is 10.9. The van der Waals surface area contributed by atoms with Crippen LogP contribution in [0.25, 0.3) is 0 Å². The van der Waals surface area contributed by atoms with Crippen molar-refractivity contribution < 1.29 is 14.6 Å². The molecule has 0 saturated heterocycles. The molecule has 2 nitrogen and oxygen atoms in total. The Labute approximate surface area is 86.9 Å². The first kappa shape index (κ1) is 11.4. The van der Waals surface area contributed by atoms with Gasteiger partial charge in [0.1, 0.15) is 5.82 Å². The monoisotopic (exact) mass is 218 g/mol. The molecule has 14 heavy (non-hydrogen) atoms. The van der Waals surface area contributed by atoms with Crippen LogP contribution in [-0.4, -0.2) is 23.4 Å². The number of aliphatic hydroxyl groups excluding tert-OH is 2. The maximum atomic E-state index is 12.8. The molecule has 0 saturated carbocycles. The summed E-state index contributed by atoms with van der Waals surface area (Å²) in [5.41, 5.74) is 0.810. The van der Waals surface area contributed by atoms with Gasteiger partial charge in [0.25, 0.3) is 0 Å². The Hall–Kier alpha value is -0.640. The van der Waals surface area contributed by atoms with Gasteiger partial charge < -0.3 is 10.2 Å². The van der Waals surface area contributed by atoms with E-state index in [4.69, 9.17) is 21.8 Å². The highest BCUT2D eigenvalue weighted by molar-refractivity contribution is 6.30. The van der Waals surface area contributed by atoms with E-state index in [1.807, 2.05) is 0 Å². The number of rotatable bonds is 4. The molecule has 2 N–H and O–H groups in total. The van der Waals surface area contributed by atoms with Crippen molar-refractivity contribution >= 4 is 11.6 Å². The summed E-state index contributed by atoms with van der Waals surface area (Å²) in [6.07, 6.45) is 0.493. The van der Waals surface area contributed by atoms with Gasteiger partial charge >= 0.3 is 0 Å². The summed E-state index contributed by atoms with van der Waals surface area (Å²) in [6.45, 7) is -0.184. The van der Waals surface area contributed by atoms with Crippen molar-refractivity contribution in [3.8, 4) is 0 Å². The van der Waals surface area contributed by atoms with Crippen molar-refractivity contribution in [3.05, 3.63) is 34.6 Å². The molecule has 1 rings (SSSR count). The van der Waals surface area contributed by atoms with E-state index in [1.54, 1.807) is 6.07 Å². The second kappa shape index (κ2) is 5.29. The third-order valence-corrected chi connectivity index (χ3v) is 2.31. The van der Waals surface area contributed by atoms with Crippen LogP contribution < -0.4 is 0 Å². The van der Waals surface area contributed by atoms with Crippen molar-refractivity contribution in [2.45, 2.75) is 6.42 Å². The van der Waals surface area contributed by atoms with Gasteiger partial charge in [-0.25, -0.2) is 4.39 Å². The maximum absolute atomic E-state index is 12.8. The quantitative estimate of drug-likeness (QED) is 0.807. The van der Waals surface area contributed by atoms with E-state index in [9.17, 15) is 4.39 Å². The molecule has 0 bridgehead atoms. The third kappa shape index (κ3) is 2.94. The van der Waals surface area contributed by atoms with E-state index in [2.05, 4.69) is 0 Å². The zero-order chi connectivity index (χ0) is 10.6. The van der Waals surface area contributed by atoms with Crippen LogP contribution in [0.3, 0.4) is 0 Å². The summed E-state index contributed by atoms with van der Waals surface area (Å²) in [5.74, 6) is -0.670. The summed E-state index contributed by atoms with van der Waals surface area (Å²) in [7, 11) is 0. The minimum absolute atomic E-state index is 0.0668. The van der Waals surface area contributed by atoms with Gasteiger partial charge in [0.05, 0.1) is 5.02 Å². The Kier molecular flexibility index (Phi) is 4.32. The van der Waals surface area contributed by atoms with Crippen molar-refractivity contribution in [1.29, 1.82) is 0 Å².